The minimum absolute atomic E-state index is 0.0436. The van der Waals surface area contributed by atoms with Crippen molar-refractivity contribution in [3.63, 3.8) is 0 Å². The zero-order valence-corrected chi connectivity index (χ0v) is 14.4. The molecule has 0 saturated heterocycles. The van der Waals surface area contributed by atoms with E-state index in [-0.39, 0.29) is 36.7 Å². The fourth-order valence-electron chi connectivity index (χ4n) is 2.86. The molecule has 1 fully saturated rings. The first kappa shape index (κ1) is 18.2. The molecule has 1 aromatic rings. The van der Waals surface area contributed by atoms with Crippen LogP contribution < -0.4 is 14.2 Å². The molecule has 0 N–H and O–H groups in total. The number of nitrogens with zero attached hydrogens (tertiary/aromatic N) is 2. The van der Waals surface area contributed by atoms with Gasteiger partial charge < -0.3 is 18.9 Å². The van der Waals surface area contributed by atoms with Crippen molar-refractivity contribution in [2.24, 2.45) is 5.92 Å². The fourth-order valence-corrected chi connectivity index (χ4v) is 2.86. The average molecular weight is 342 g/mol. The molecule has 1 aliphatic rings. The fraction of sp³-hybridized carbons (Fsp3) is 0.688. The lowest BCUT2D eigenvalue weighted by Gasteiger charge is -2.38. The highest BCUT2D eigenvalue weighted by Crippen LogP contribution is 2.39. The van der Waals surface area contributed by atoms with Gasteiger partial charge in [-0.2, -0.15) is 9.97 Å². The molecule has 0 aliphatic heterocycles. The van der Waals surface area contributed by atoms with Gasteiger partial charge in [0.2, 0.25) is 17.4 Å². The molecular formula is C16H23FN2O5. The average Bonchev–Trinajstić information content (AvgIpc) is 2.58. The standard InChI is InChI=1S/C16H23FN2O5/c1-5-23-14(20)16(17)8-6-7-10(2)13(16)24-15-18-11(21-3)9-12(19-15)22-4/h9-10,13H,5-8H2,1-4H3. The Bertz CT molecular complexity index is 563. The molecule has 1 aliphatic carbocycles. The van der Waals surface area contributed by atoms with E-state index in [4.69, 9.17) is 18.9 Å². The maximum atomic E-state index is 15.4. The maximum absolute atomic E-state index is 15.4. The Balaban J connectivity index is 2.31. The molecule has 3 atom stereocenters. The number of hydrogen-bond donors (Lipinski definition) is 0. The molecule has 134 valence electrons. The Morgan fingerprint density at radius 1 is 1.33 bits per heavy atom. The van der Waals surface area contributed by atoms with E-state index in [9.17, 15) is 4.79 Å². The van der Waals surface area contributed by atoms with Gasteiger partial charge >= 0.3 is 12.0 Å². The second-order valence-electron chi connectivity index (χ2n) is 5.73. The molecule has 3 unspecified atom stereocenters. The third-order valence-corrected chi connectivity index (χ3v) is 4.09. The lowest BCUT2D eigenvalue weighted by atomic mass is 9.77. The van der Waals surface area contributed by atoms with Crippen LogP contribution in [0.5, 0.6) is 17.8 Å². The van der Waals surface area contributed by atoms with Crippen LogP contribution in [0.2, 0.25) is 0 Å². The van der Waals surface area contributed by atoms with E-state index in [1.807, 2.05) is 6.92 Å². The van der Waals surface area contributed by atoms with E-state index < -0.39 is 17.7 Å². The lowest BCUT2D eigenvalue weighted by molar-refractivity contribution is -0.171. The van der Waals surface area contributed by atoms with E-state index in [2.05, 4.69) is 9.97 Å². The van der Waals surface area contributed by atoms with Crippen LogP contribution in [-0.2, 0) is 9.53 Å². The topological polar surface area (TPSA) is 79.8 Å². The third-order valence-electron chi connectivity index (χ3n) is 4.09. The van der Waals surface area contributed by atoms with Crippen molar-refractivity contribution in [2.75, 3.05) is 20.8 Å². The summed E-state index contributed by atoms with van der Waals surface area (Å²) in [6, 6.07) is 1.38. The number of ether oxygens (including phenoxy) is 4. The summed E-state index contributed by atoms with van der Waals surface area (Å²) in [5.41, 5.74) is -2.23. The van der Waals surface area contributed by atoms with Crippen LogP contribution in [0.1, 0.15) is 33.1 Å². The smallest absolute Gasteiger partial charge is 0.347 e. The van der Waals surface area contributed by atoms with E-state index in [0.29, 0.717) is 6.42 Å². The van der Waals surface area contributed by atoms with Crippen LogP contribution in [0, 0.1) is 5.92 Å². The SMILES string of the molecule is CCOC(=O)C1(F)CCCC(C)C1Oc1nc(OC)cc(OC)n1. The monoisotopic (exact) mass is 342 g/mol. The molecule has 0 spiro atoms. The molecule has 0 bridgehead atoms. The van der Waals surface area contributed by atoms with Gasteiger partial charge in [0.05, 0.1) is 26.9 Å². The van der Waals surface area contributed by atoms with Crippen LogP contribution in [0.15, 0.2) is 6.07 Å². The Morgan fingerprint density at radius 2 is 1.96 bits per heavy atom. The van der Waals surface area contributed by atoms with Gasteiger partial charge in [0.25, 0.3) is 0 Å². The summed E-state index contributed by atoms with van der Waals surface area (Å²) < 4.78 is 36.1. The van der Waals surface area contributed by atoms with Crippen LogP contribution in [-0.4, -0.2) is 48.5 Å². The number of alkyl halides is 1. The summed E-state index contributed by atoms with van der Waals surface area (Å²) >= 11 is 0. The molecule has 1 aromatic heterocycles. The summed E-state index contributed by atoms with van der Waals surface area (Å²) in [4.78, 5) is 20.2. The Kier molecular flexibility index (Phi) is 5.80. The van der Waals surface area contributed by atoms with Crippen molar-refractivity contribution in [3.05, 3.63) is 6.07 Å². The predicted octanol–water partition coefficient (Wildman–Crippen LogP) is 2.33. The number of carbonyl (C=O) groups is 1. The number of esters is 1. The predicted molar refractivity (Wildman–Crippen MR) is 83.0 cm³/mol. The second kappa shape index (κ2) is 7.63. The van der Waals surface area contributed by atoms with Gasteiger partial charge in [0, 0.05) is 0 Å². The molecule has 7 nitrogen and oxygen atoms in total. The van der Waals surface area contributed by atoms with Crippen molar-refractivity contribution < 1.29 is 28.1 Å². The zero-order valence-electron chi connectivity index (χ0n) is 14.4. The van der Waals surface area contributed by atoms with Crippen molar-refractivity contribution in [3.8, 4) is 17.8 Å². The summed E-state index contributed by atoms with van der Waals surface area (Å²) in [6.45, 7) is 3.57. The molecule has 2 rings (SSSR count). The number of carbonyl (C=O) groups excluding carboxylic acids is 1. The van der Waals surface area contributed by atoms with E-state index >= 15 is 4.39 Å². The lowest BCUT2D eigenvalue weighted by Crippen LogP contribution is -2.55. The van der Waals surface area contributed by atoms with Gasteiger partial charge in [0.1, 0.15) is 6.10 Å². The van der Waals surface area contributed by atoms with Gasteiger partial charge in [-0.15, -0.1) is 0 Å². The highest BCUT2D eigenvalue weighted by Gasteiger charge is 2.54. The first-order valence-corrected chi connectivity index (χ1v) is 7.94. The van der Waals surface area contributed by atoms with Crippen molar-refractivity contribution in [1.29, 1.82) is 0 Å². The Hall–Kier alpha value is -2.12. The first-order chi connectivity index (χ1) is 11.4. The molecule has 0 radical (unpaired) electrons. The summed E-state index contributed by atoms with van der Waals surface area (Å²) in [5, 5.41) is 0. The molecule has 1 heterocycles. The number of methoxy groups -OCH3 is 2. The van der Waals surface area contributed by atoms with Crippen molar-refractivity contribution in [1.82, 2.24) is 9.97 Å². The second-order valence-corrected chi connectivity index (χ2v) is 5.73. The molecule has 24 heavy (non-hydrogen) atoms. The molecule has 8 heteroatoms. The van der Waals surface area contributed by atoms with Gasteiger partial charge in [-0.25, -0.2) is 9.18 Å². The highest BCUT2D eigenvalue weighted by molar-refractivity contribution is 5.80. The Morgan fingerprint density at radius 3 is 2.50 bits per heavy atom. The van der Waals surface area contributed by atoms with Crippen molar-refractivity contribution >= 4 is 5.97 Å². The maximum Gasteiger partial charge on any atom is 0.347 e. The van der Waals surface area contributed by atoms with Crippen LogP contribution in [0.4, 0.5) is 4.39 Å². The Labute approximate surface area is 140 Å². The minimum atomic E-state index is -2.23. The number of aromatic nitrogens is 2. The van der Waals surface area contributed by atoms with Gasteiger partial charge in [-0.05, 0) is 32.1 Å². The third kappa shape index (κ3) is 3.68. The number of hydrogen-bond acceptors (Lipinski definition) is 7. The molecule has 0 amide bonds. The largest absolute Gasteiger partial charge is 0.481 e. The molecule has 0 aromatic carbocycles. The normalized spacial score (nSPS) is 26.5. The quantitative estimate of drug-likeness (QED) is 0.734. The van der Waals surface area contributed by atoms with Gasteiger partial charge in [-0.1, -0.05) is 6.92 Å². The number of rotatable bonds is 6. The first-order valence-electron chi connectivity index (χ1n) is 7.94. The van der Waals surface area contributed by atoms with E-state index in [1.54, 1.807) is 6.92 Å². The van der Waals surface area contributed by atoms with Crippen molar-refractivity contribution in [2.45, 2.75) is 44.9 Å². The summed E-state index contributed by atoms with van der Waals surface area (Å²) in [5.74, 6) is -0.660. The highest BCUT2D eigenvalue weighted by atomic mass is 19.1. The van der Waals surface area contributed by atoms with Crippen LogP contribution >= 0.6 is 0 Å². The van der Waals surface area contributed by atoms with Gasteiger partial charge in [-0.3, -0.25) is 0 Å². The summed E-state index contributed by atoms with van der Waals surface area (Å²) in [7, 11) is 2.87. The van der Waals surface area contributed by atoms with E-state index in [1.165, 1.54) is 20.3 Å². The van der Waals surface area contributed by atoms with Crippen LogP contribution in [0.25, 0.3) is 0 Å². The summed E-state index contributed by atoms with van der Waals surface area (Å²) in [6.07, 6.45) is 0.319. The molecule has 1 saturated carbocycles. The molecular weight excluding hydrogens is 319 g/mol. The number of halogens is 1. The van der Waals surface area contributed by atoms with Crippen LogP contribution in [0.3, 0.4) is 0 Å². The van der Waals surface area contributed by atoms with E-state index in [0.717, 1.165) is 6.42 Å². The minimum Gasteiger partial charge on any atom is -0.481 e. The zero-order chi connectivity index (χ0) is 17.7. The van der Waals surface area contributed by atoms with Gasteiger partial charge in [0.15, 0.2) is 0 Å².